The summed E-state index contributed by atoms with van der Waals surface area (Å²) in [7, 11) is 0. The molecule has 0 spiro atoms. The van der Waals surface area contributed by atoms with Crippen LogP contribution in [0.25, 0.3) is 0 Å². The number of benzene rings is 1. The molecule has 5 heteroatoms. The number of nitrogens with one attached hydrogen (secondary N) is 1. The monoisotopic (exact) mass is 282 g/mol. The van der Waals surface area contributed by atoms with E-state index in [1.807, 2.05) is 0 Å². The van der Waals surface area contributed by atoms with Crippen LogP contribution in [0.5, 0.6) is 0 Å². The van der Waals surface area contributed by atoms with Gasteiger partial charge in [0.25, 0.3) is 5.69 Å². The zero-order valence-electron chi connectivity index (χ0n) is 10.9. The molecule has 4 nitrogen and oxygen atoms in total. The Hall–Kier alpha value is -1.29. The number of anilines is 1. The fraction of sp³-hybridized carbons (Fsp3) is 0.571. The summed E-state index contributed by atoms with van der Waals surface area (Å²) in [6.07, 6.45) is 7.70. The number of rotatable bonds is 6. The minimum atomic E-state index is -0.398. The van der Waals surface area contributed by atoms with Crippen molar-refractivity contribution in [3.63, 3.8) is 0 Å². The van der Waals surface area contributed by atoms with Gasteiger partial charge in [-0.1, -0.05) is 37.3 Å². The minimum absolute atomic E-state index is 0.0494. The third-order valence-electron chi connectivity index (χ3n) is 3.74. The van der Waals surface area contributed by atoms with Crippen LogP contribution < -0.4 is 5.32 Å². The number of hydrogen-bond acceptors (Lipinski definition) is 3. The summed E-state index contributed by atoms with van der Waals surface area (Å²) in [6, 6.07) is 4.74. The molecule has 1 aromatic rings. The van der Waals surface area contributed by atoms with Gasteiger partial charge in [-0.05, 0) is 30.9 Å². The van der Waals surface area contributed by atoms with Gasteiger partial charge in [-0.2, -0.15) is 0 Å². The molecule has 0 saturated heterocycles. The largest absolute Gasteiger partial charge is 0.379 e. The van der Waals surface area contributed by atoms with E-state index >= 15 is 0 Å². The number of nitrogens with zero attached hydrogens (tertiary/aromatic N) is 1. The third kappa shape index (κ3) is 4.10. The second kappa shape index (κ2) is 6.75. The first-order valence-electron chi connectivity index (χ1n) is 6.84. The van der Waals surface area contributed by atoms with Crippen LogP contribution in [0, 0.1) is 16.0 Å². The molecule has 1 saturated carbocycles. The minimum Gasteiger partial charge on any atom is -0.379 e. The molecule has 0 unspecified atom stereocenters. The molecular weight excluding hydrogens is 264 g/mol. The average molecular weight is 283 g/mol. The lowest BCUT2D eigenvalue weighted by Gasteiger charge is -2.10. The Morgan fingerprint density at radius 3 is 2.79 bits per heavy atom. The molecule has 1 fully saturated rings. The Bertz CT molecular complexity index is 445. The maximum absolute atomic E-state index is 10.9. The number of hydrogen-bond donors (Lipinski definition) is 1. The highest BCUT2D eigenvalue weighted by atomic mass is 35.5. The topological polar surface area (TPSA) is 55.2 Å². The quantitative estimate of drug-likeness (QED) is 0.470. The van der Waals surface area contributed by atoms with Gasteiger partial charge in [-0.25, -0.2) is 0 Å². The summed E-state index contributed by atoms with van der Waals surface area (Å²) in [5, 5.41) is 14.5. The summed E-state index contributed by atoms with van der Waals surface area (Å²) in [5.41, 5.74) is 0.606. The van der Waals surface area contributed by atoms with Crippen molar-refractivity contribution in [2.24, 2.45) is 5.92 Å². The molecule has 0 bridgehead atoms. The smallest absolute Gasteiger partial charge is 0.293 e. The molecule has 0 aromatic heterocycles. The van der Waals surface area contributed by atoms with Crippen molar-refractivity contribution in [1.82, 2.24) is 0 Å². The van der Waals surface area contributed by atoms with Crippen molar-refractivity contribution in [2.75, 3.05) is 11.9 Å². The Labute approximate surface area is 118 Å². The molecule has 0 atom stereocenters. The summed E-state index contributed by atoms with van der Waals surface area (Å²) >= 11 is 5.78. The summed E-state index contributed by atoms with van der Waals surface area (Å²) in [4.78, 5) is 10.5. The first-order chi connectivity index (χ1) is 9.16. The van der Waals surface area contributed by atoms with E-state index in [9.17, 15) is 10.1 Å². The Morgan fingerprint density at radius 2 is 2.11 bits per heavy atom. The van der Waals surface area contributed by atoms with Crippen LogP contribution in [0.1, 0.15) is 38.5 Å². The lowest BCUT2D eigenvalue weighted by atomic mass is 10.0. The molecular formula is C14H19ClN2O2. The molecule has 19 heavy (non-hydrogen) atoms. The fourth-order valence-corrected chi connectivity index (χ4v) is 2.88. The molecule has 1 aromatic carbocycles. The zero-order valence-corrected chi connectivity index (χ0v) is 11.7. The average Bonchev–Trinajstić information content (AvgIpc) is 2.89. The van der Waals surface area contributed by atoms with E-state index in [4.69, 9.17) is 11.6 Å². The molecule has 0 amide bonds. The lowest BCUT2D eigenvalue weighted by molar-refractivity contribution is -0.383. The van der Waals surface area contributed by atoms with Crippen molar-refractivity contribution in [2.45, 2.75) is 38.5 Å². The van der Waals surface area contributed by atoms with Crippen LogP contribution in [0.15, 0.2) is 18.2 Å². The Balaban J connectivity index is 1.83. The lowest BCUT2D eigenvalue weighted by Crippen LogP contribution is -2.06. The highest BCUT2D eigenvalue weighted by molar-refractivity contribution is 6.30. The van der Waals surface area contributed by atoms with Gasteiger partial charge in [0.2, 0.25) is 0 Å². The molecule has 0 radical (unpaired) electrons. The second-order valence-electron chi connectivity index (χ2n) is 5.14. The van der Waals surface area contributed by atoms with Crippen LogP contribution in [0.4, 0.5) is 11.4 Å². The van der Waals surface area contributed by atoms with Gasteiger partial charge in [0.05, 0.1) is 4.92 Å². The SMILES string of the molecule is O=[N+]([O-])c1cc(Cl)ccc1NCCCC1CCCC1. The van der Waals surface area contributed by atoms with E-state index in [0.29, 0.717) is 10.7 Å². The maximum Gasteiger partial charge on any atom is 0.293 e. The van der Waals surface area contributed by atoms with Crippen LogP contribution in [0.2, 0.25) is 5.02 Å². The molecule has 1 aliphatic carbocycles. The van der Waals surface area contributed by atoms with Crippen LogP contribution in [-0.4, -0.2) is 11.5 Å². The molecule has 0 heterocycles. The molecule has 0 aliphatic heterocycles. The predicted molar refractivity (Wildman–Crippen MR) is 77.8 cm³/mol. The number of halogens is 1. The van der Waals surface area contributed by atoms with E-state index < -0.39 is 4.92 Å². The van der Waals surface area contributed by atoms with Gasteiger partial charge in [0, 0.05) is 17.6 Å². The van der Waals surface area contributed by atoms with E-state index in [-0.39, 0.29) is 5.69 Å². The molecule has 1 aliphatic rings. The van der Waals surface area contributed by atoms with Crippen molar-refractivity contribution < 1.29 is 4.92 Å². The summed E-state index contributed by atoms with van der Waals surface area (Å²) in [5.74, 6) is 0.863. The van der Waals surface area contributed by atoms with Gasteiger partial charge < -0.3 is 5.32 Å². The van der Waals surface area contributed by atoms with Gasteiger partial charge in [0.15, 0.2) is 0 Å². The Morgan fingerprint density at radius 1 is 1.37 bits per heavy atom. The Kier molecular flexibility index (Phi) is 5.02. The van der Waals surface area contributed by atoms with Crippen molar-refractivity contribution in [1.29, 1.82) is 0 Å². The van der Waals surface area contributed by atoms with Crippen molar-refractivity contribution in [3.8, 4) is 0 Å². The van der Waals surface area contributed by atoms with Crippen LogP contribution >= 0.6 is 11.6 Å². The highest BCUT2D eigenvalue weighted by Gasteiger charge is 2.16. The van der Waals surface area contributed by atoms with Gasteiger partial charge in [-0.3, -0.25) is 10.1 Å². The number of nitro groups is 1. The van der Waals surface area contributed by atoms with Crippen LogP contribution in [-0.2, 0) is 0 Å². The van der Waals surface area contributed by atoms with Crippen molar-refractivity contribution in [3.05, 3.63) is 33.3 Å². The molecule has 104 valence electrons. The first kappa shape index (κ1) is 14.1. The molecule has 2 rings (SSSR count). The summed E-state index contributed by atoms with van der Waals surface area (Å²) < 4.78 is 0. The first-order valence-corrected chi connectivity index (χ1v) is 7.22. The van der Waals surface area contributed by atoms with E-state index in [1.54, 1.807) is 12.1 Å². The van der Waals surface area contributed by atoms with E-state index in [2.05, 4.69) is 5.32 Å². The third-order valence-corrected chi connectivity index (χ3v) is 3.97. The highest BCUT2D eigenvalue weighted by Crippen LogP contribution is 2.30. The van der Waals surface area contributed by atoms with Gasteiger partial charge in [0.1, 0.15) is 5.69 Å². The fourth-order valence-electron chi connectivity index (χ4n) is 2.72. The van der Waals surface area contributed by atoms with Gasteiger partial charge >= 0.3 is 0 Å². The zero-order chi connectivity index (χ0) is 13.7. The van der Waals surface area contributed by atoms with Crippen LogP contribution in [0.3, 0.4) is 0 Å². The van der Waals surface area contributed by atoms with Gasteiger partial charge in [-0.15, -0.1) is 0 Å². The molecule has 1 N–H and O–H groups in total. The second-order valence-corrected chi connectivity index (χ2v) is 5.57. The predicted octanol–water partition coefficient (Wildman–Crippen LogP) is 4.63. The number of nitro benzene ring substituents is 1. The van der Waals surface area contributed by atoms with E-state index in [0.717, 1.165) is 18.9 Å². The van der Waals surface area contributed by atoms with E-state index in [1.165, 1.54) is 38.2 Å². The van der Waals surface area contributed by atoms with Crippen molar-refractivity contribution >= 4 is 23.0 Å². The normalized spacial score (nSPS) is 15.6. The standard InChI is InChI=1S/C14H19ClN2O2/c15-12-7-8-13(14(10-12)17(18)19)16-9-3-6-11-4-1-2-5-11/h7-8,10-11,16H,1-6,9H2. The summed E-state index contributed by atoms with van der Waals surface area (Å²) in [6.45, 7) is 0.777. The maximum atomic E-state index is 10.9.